The van der Waals surface area contributed by atoms with Crippen molar-refractivity contribution in [3.8, 4) is 40.2 Å². The van der Waals surface area contributed by atoms with Crippen LogP contribution in [-0.2, 0) is 17.6 Å². The Kier molecular flexibility index (Phi) is 7.74. The molecule has 0 bridgehead atoms. The molecule has 234 valence electrons. The molecule has 9 nitrogen and oxygen atoms in total. The molecule has 3 aliphatic rings. The Morgan fingerprint density at radius 3 is 2.43 bits per heavy atom. The van der Waals surface area contributed by atoms with Gasteiger partial charge in [-0.25, -0.2) is 0 Å². The zero-order valence-corrected chi connectivity index (χ0v) is 25.7. The van der Waals surface area contributed by atoms with Crippen LogP contribution in [0.4, 0.5) is 0 Å². The van der Waals surface area contributed by atoms with Gasteiger partial charge in [-0.1, -0.05) is 36.4 Å². The number of rotatable bonds is 9. The van der Waals surface area contributed by atoms with E-state index >= 15 is 0 Å². The number of allylic oxidation sites excluding steroid dienone is 1. The van der Waals surface area contributed by atoms with Crippen LogP contribution in [0.2, 0.25) is 0 Å². The van der Waals surface area contributed by atoms with Crippen LogP contribution in [0.15, 0.2) is 72.5 Å². The zero-order chi connectivity index (χ0) is 31.8. The van der Waals surface area contributed by atoms with E-state index in [-0.39, 0.29) is 18.0 Å². The number of hydrogen-bond donors (Lipinski definition) is 0. The maximum absolute atomic E-state index is 13.6. The van der Waals surface area contributed by atoms with Crippen LogP contribution in [0.3, 0.4) is 0 Å². The van der Waals surface area contributed by atoms with Gasteiger partial charge in [0.15, 0.2) is 28.8 Å². The van der Waals surface area contributed by atoms with E-state index in [9.17, 15) is 9.59 Å². The summed E-state index contributed by atoms with van der Waals surface area (Å²) < 4.78 is 40.7. The lowest BCUT2D eigenvalue weighted by Crippen LogP contribution is -2.22. The number of methoxy groups -OCH3 is 3. The summed E-state index contributed by atoms with van der Waals surface area (Å²) in [6.45, 7) is 1.09. The standard InChI is InChI=1S/C37H32O9/c1-40-29-8-4-6-23(35(29)42-3)19-31-34(39)25-11-13-28-33(37(25)46-31)26(20-32(38)45-28)24-7-5-9-30(41-2)36(24)44-16-14-21-10-12-27-22(18-21)15-17-43-27/h4-13,18-19,26H,14-17,20H2,1-3H3/b31-19-/t26-/m0/s1. The number of hydrogen-bond acceptors (Lipinski definition) is 9. The lowest BCUT2D eigenvalue weighted by atomic mass is 9.84. The number of ether oxygens (including phenoxy) is 7. The lowest BCUT2D eigenvalue weighted by molar-refractivity contribution is -0.135. The minimum Gasteiger partial charge on any atom is -0.493 e. The summed E-state index contributed by atoms with van der Waals surface area (Å²) >= 11 is 0. The van der Waals surface area contributed by atoms with Crippen LogP contribution >= 0.6 is 0 Å². The third-order valence-corrected chi connectivity index (χ3v) is 8.50. The average Bonchev–Trinajstić information content (AvgIpc) is 3.67. The molecule has 0 amide bonds. The minimum absolute atomic E-state index is 0.0259. The highest BCUT2D eigenvalue weighted by atomic mass is 16.5. The molecule has 9 heteroatoms. The van der Waals surface area contributed by atoms with Gasteiger partial charge < -0.3 is 33.2 Å². The second-order valence-corrected chi connectivity index (χ2v) is 11.1. The van der Waals surface area contributed by atoms with Gasteiger partial charge in [0, 0.05) is 35.4 Å². The predicted molar refractivity (Wildman–Crippen MR) is 169 cm³/mol. The Morgan fingerprint density at radius 2 is 1.63 bits per heavy atom. The number of esters is 1. The monoisotopic (exact) mass is 620 g/mol. The van der Waals surface area contributed by atoms with Gasteiger partial charge in [0.1, 0.15) is 17.2 Å². The fourth-order valence-electron chi connectivity index (χ4n) is 6.33. The maximum atomic E-state index is 13.6. The maximum Gasteiger partial charge on any atom is 0.312 e. The van der Waals surface area contributed by atoms with Crippen molar-refractivity contribution in [2.75, 3.05) is 34.5 Å². The van der Waals surface area contributed by atoms with Crippen molar-refractivity contribution >= 4 is 17.8 Å². The number of fused-ring (bicyclic) bond motifs is 4. The first-order valence-electron chi connectivity index (χ1n) is 15.1. The molecule has 0 aliphatic carbocycles. The fourth-order valence-corrected chi connectivity index (χ4v) is 6.33. The minimum atomic E-state index is -0.521. The molecule has 0 N–H and O–H groups in total. The number of Topliss-reactive ketones (excluding diaryl/α,β-unsaturated/α-hetero) is 1. The molecule has 0 saturated heterocycles. The van der Waals surface area contributed by atoms with Gasteiger partial charge in [0.25, 0.3) is 0 Å². The molecular weight excluding hydrogens is 588 g/mol. The van der Waals surface area contributed by atoms with Crippen molar-refractivity contribution in [1.82, 2.24) is 0 Å². The fraction of sp³-hybridized carbons (Fsp3) is 0.243. The topological polar surface area (TPSA) is 98.8 Å². The largest absolute Gasteiger partial charge is 0.493 e. The second-order valence-electron chi connectivity index (χ2n) is 11.1. The van der Waals surface area contributed by atoms with Crippen LogP contribution in [0.1, 0.15) is 50.5 Å². The van der Waals surface area contributed by atoms with Crippen LogP contribution in [0.5, 0.6) is 40.2 Å². The van der Waals surface area contributed by atoms with E-state index in [1.807, 2.05) is 36.4 Å². The molecule has 4 aromatic rings. The number of carbonyl (C=O) groups excluding carboxylic acids is 2. The molecule has 3 aliphatic heterocycles. The van der Waals surface area contributed by atoms with Crippen molar-refractivity contribution in [2.24, 2.45) is 0 Å². The quantitative estimate of drug-likeness (QED) is 0.121. The second kappa shape index (κ2) is 12.2. The van der Waals surface area contributed by atoms with Gasteiger partial charge in [-0.3, -0.25) is 9.59 Å². The first-order valence-corrected chi connectivity index (χ1v) is 15.1. The third kappa shape index (κ3) is 5.17. The third-order valence-electron chi connectivity index (χ3n) is 8.50. The summed E-state index contributed by atoms with van der Waals surface area (Å²) in [4.78, 5) is 26.6. The number of para-hydroxylation sites is 2. The van der Waals surface area contributed by atoms with Gasteiger partial charge in [-0.2, -0.15) is 0 Å². The molecule has 0 aromatic heterocycles. The highest BCUT2D eigenvalue weighted by Crippen LogP contribution is 2.52. The van der Waals surface area contributed by atoms with E-state index in [2.05, 4.69) is 6.07 Å². The number of benzene rings is 4. The summed E-state index contributed by atoms with van der Waals surface area (Å²) in [6.07, 6.45) is 3.23. The molecule has 1 atom stereocenters. The summed E-state index contributed by atoms with van der Waals surface area (Å²) in [5.74, 6) is 2.60. The van der Waals surface area contributed by atoms with E-state index in [1.165, 1.54) is 12.7 Å². The smallest absolute Gasteiger partial charge is 0.312 e. The summed E-state index contributed by atoms with van der Waals surface area (Å²) in [7, 11) is 4.67. The van der Waals surface area contributed by atoms with E-state index in [1.54, 1.807) is 44.6 Å². The Labute approximate surface area is 266 Å². The van der Waals surface area contributed by atoms with Crippen molar-refractivity contribution in [2.45, 2.75) is 25.2 Å². The summed E-state index contributed by atoms with van der Waals surface area (Å²) in [5.41, 5.74) is 4.67. The molecule has 4 aromatic carbocycles. The predicted octanol–water partition coefficient (Wildman–Crippen LogP) is 6.33. The number of ketones is 1. The molecule has 0 radical (unpaired) electrons. The van der Waals surface area contributed by atoms with Crippen LogP contribution < -0.4 is 33.2 Å². The van der Waals surface area contributed by atoms with Gasteiger partial charge >= 0.3 is 5.97 Å². The molecule has 3 heterocycles. The van der Waals surface area contributed by atoms with Gasteiger partial charge in [0.05, 0.1) is 46.5 Å². The van der Waals surface area contributed by atoms with E-state index in [0.29, 0.717) is 70.8 Å². The number of carbonyl (C=O) groups is 2. The van der Waals surface area contributed by atoms with E-state index in [0.717, 1.165) is 23.3 Å². The average molecular weight is 621 g/mol. The van der Waals surface area contributed by atoms with Gasteiger partial charge in [-0.15, -0.1) is 0 Å². The van der Waals surface area contributed by atoms with Crippen LogP contribution in [-0.4, -0.2) is 46.3 Å². The Balaban J connectivity index is 1.24. The van der Waals surface area contributed by atoms with Crippen LogP contribution in [0.25, 0.3) is 6.08 Å². The van der Waals surface area contributed by atoms with Crippen molar-refractivity contribution in [1.29, 1.82) is 0 Å². The van der Waals surface area contributed by atoms with Gasteiger partial charge in [-0.05, 0) is 47.5 Å². The summed E-state index contributed by atoms with van der Waals surface area (Å²) in [6, 6.07) is 20.5. The SMILES string of the molecule is COc1cccc(/C=C2\Oc3c(ccc4c3[C@H](c3cccc(OC)c3OCCc3ccc5c(c3)CCO5)CC(=O)O4)C2=O)c1OC. The first-order chi connectivity index (χ1) is 22.5. The van der Waals surface area contributed by atoms with E-state index in [4.69, 9.17) is 33.2 Å². The van der Waals surface area contributed by atoms with Crippen molar-refractivity contribution in [3.05, 3.63) is 106 Å². The molecular formula is C37H32O9. The Hall–Kier alpha value is -5.44. The molecule has 7 rings (SSSR count). The Morgan fingerprint density at radius 1 is 0.848 bits per heavy atom. The normalized spacial score (nSPS) is 16.9. The van der Waals surface area contributed by atoms with Crippen molar-refractivity contribution < 1.29 is 42.7 Å². The zero-order valence-electron chi connectivity index (χ0n) is 25.7. The summed E-state index contributed by atoms with van der Waals surface area (Å²) in [5, 5.41) is 0. The highest BCUT2D eigenvalue weighted by Gasteiger charge is 2.40. The van der Waals surface area contributed by atoms with Gasteiger partial charge in [0.2, 0.25) is 5.78 Å². The molecule has 46 heavy (non-hydrogen) atoms. The van der Waals surface area contributed by atoms with Crippen LogP contribution in [0, 0.1) is 0 Å². The molecule has 0 saturated carbocycles. The van der Waals surface area contributed by atoms with Crippen molar-refractivity contribution in [3.63, 3.8) is 0 Å². The molecule has 0 fully saturated rings. The molecule has 0 unspecified atom stereocenters. The highest BCUT2D eigenvalue weighted by molar-refractivity contribution is 6.15. The van der Waals surface area contributed by atoms with E-state index < -0.39 is 11.9 Å². The Bertz CT molecular complexity index is 1890. The molecule has 0 spiro atoms. The lowest BCUT2D eigenvalue weighted by Gasteiger charge is -2.28. The first kappa shape index (κ1) is 29.3.